The standard InChI is InChI=1S/C10H15NO2/c1-6(2)8(4)11-9(12)5-7(3)10(11)13/h5-6,8H,1-4H3. The van der Waals surface area contributed by atoms with Gasteiger partial charge in [0.2, 0.25) is 0 Å². The van der Waals surface area contributed by atoms with Crippen LogP contribution in [-0.4, -0.2) is 22.8 Å². The molecule has 1 aliphatic rings. The molecular weight excluding hydrogens is 166 g/mol. The van der Waals surface area contributed by atoms with Gasteiger partial charge in [-0.15, -0.1) is 0 Å². The normalized spacial score (nSPS) is 19.8. The number of nitrogens with zero attached hydrogens (tertiary/aromatic N) is 1. The third-order valence-electron chi connectivity index (χ3n) is 2.51. The van der Waals surface area contributed by atoms with Gasteiger partial charge in [0.15, 0.2) is 0 Å². The second-order valence-corrected chi connectivity index (χ2v) is 3.83. The number of imide groups is 1. The van der Waals surface area contributed by atoms with Crippen molar-refractivity contribution in [1.82, 2.24) is 4.90 Å². The van der Waals surface area contributed by atoms with Crippen LogP contribution >= 0.6 is 0 Å². The summed E-state index contributed by atoms with van der Waals surface area (Å²) in [6.07, 6.45) is 1.40. The lowest BCUT2D eigenvalue weighted by atomic mass is 10.1. The van der Waals surface area contributed by atoms with Crippen LogP contribution in [-0.2, 0) is 9.59 Å². The molecule has 0 aromatic carbocycles. The second-order valence-electron chi connectivity index (χ2n) is 3.83. The molecule has 72 valence electrons. The fourth-order valence-corrected chi connectivity index (χ4v) is 1.29. The van der Waals surface area contributed by atoms with Crippen LogP contribution in [0.2, 0.25) is 0 Å². The first kappa shape index (κ1) is 9.96. The lowest BCUT2D eigenvalue weighted by Gasteiger charge is -2.25. The summed E-state index contributed by atoms with van der Waals surface area (Å²) in [4.78, 5) is 24.2. The average Bonchev–Trinajstić information content (AvgIpc) is 2.26. The Morgan fingerprint density at radius 2 is 1.77 bits per heavy atom. The number of hydrogen-bond donors (Lipinski definition) is 0. The minimum absolute atomic E-state index is 0.0197. The van der Waals surface area contributed by atoms with Crippen molar-refractivity contribution in [3.8, 4) is 0 Å². The molecule has 1 aliphatic heterocycles. The highest BCUT2D eigenvalue weighted by Crippen LogP contribution is 2.19. The highest BCUT2D eigenvalue weighted by Gasteiger charge is 2.33. The predicted molar refractivity (Wildman–Crippen MR) is 49.9 cm³/mol. The molecule has 1 unspecified atom stereocenters. The number of carbonyl (C=O) groups is 2. The summed E-state index contributed by atoms with van der Waals surface area (Å²) in [6.45, 7) is 7.57. The zero-order valence-electron chi connectivity index (χ0n) is 8.50. The summed E-state index contributed by atoms with van der Waals surface area (Å²) in [7, 11) is 0. The van der Waals surface area contributed by atoms with Gasteiger partial charge >= 0.3 is 0 Å². The summed E-state index contributed by atoms with van der Waals surface area (Å²) in [5, 5.41) is 0. The maximum absolute atomic E-state index is 11.5. The van der Waals surface area contributed by atoms with E-state index in [1.807, 2.05) is 20.8 Å². The van der Waals surface area contributed by atoms with E-state index in [1.165, 1.54) is 11.0 Å². The first-order chi connectivity index (χ1) is 5.95. The van der Waals surface area contributed by atoms with Crippen LogP contribution < -0.4 is 0 Å². The van der Waals surface area contributed by atoms with E-state index < -0.39 is 0 Å². The predicted octanol–water partition coefficient (Wildman–Crippen LogP) is 1.35. The number of rotatable bonds is 2. The third-order valence-corrected chi connectivity index (χ3v) is 2.51. The Hall–Kier alpha value is -1.12. The van der Waals surface area contributed by atoms with Crippen molar-refractivity contribution in [2.45, 2.75) is 33.7 Å². The van der Waals surface area contributed by atoms with E-state index in [2.05, 4.69) is 0 Å². The van der Waals surface area contributed by atoms with Crippen LogP contribution in [0.4, 0.5) is 0 Å². The number of amides is 2. The molecule has 0 fully saturated rings. The molecule has 1 heterocycles. The monoisotopic (exact) mass is 181 g/mol. The maximum atomic E-state index is 11.5. The number of hydrogen-bond acceptors (Lipinski definition) is 2. The smallest absolute Gasteiger partial charge is 0.256 e. The number of carbonyl (C=O) groups excluding carboxylic acids is 2. The largest absolute Gasteiger partial charge is 0.272 e. The Morgan fingerprint density at radius 1 is 1.23 bits per heavy atom. The van der Waals surface area contributed by atoms with Crippen molar-refractivity contribution in [2.24, 2.45) is 5.92 Å². The molecule has 0 saturated carbocycles. The van der Waals surface area contributed by atoms with E-state index in [1.54, 1.807) is 6.92 Å². The van der Waals surface area contributed by atoms with E-state index in [9.17, 15) is 9.59 Å². The van der Waals surface area contributed by atoms with Crippen LogP contribution in [0.5, 0.6) is 0 Å². The van der Waals surface area contributed by atoms with Crippen molar-refractivity contribution >= 4 is 11.8 Å². The molecule has 0 bridgehead atoms. The summed E-state index contributed by atoms with van der Waals surface area (Å²) >= 11 is 0. The summed E-state index contributed by atoms with van der Waals surface area (Å²) < 4.78 is 0. The van der Waals surface area contributed by atoms with Gasteiger partial charge in [-0.05, 0) is 19.8 Å². The lowest BCUT2D eigenvalue weighted by Crippen LogP contribution is -2.41. The topological polar surface area (TPSA) is 37.4 Å². The molecule has 0 spiro atoms. The zero-order valence-corrected chi connectivity index (χ0v) is 8.50. The Kier molecular flexibility index (Phi) is 2.55. The van der Waals surface area contributed by atoms with Gasteiger partial charge in [0.25, 0.3) is 11.8 Å². The van der Waals surface area contributed by atoms with Gasteiger partial charge in [-0.3, -0.25) is 14.5 Å². The van der Waals surface area contributed by atoms with Crippen LogP contribution in [0.15, 0.2) is 11.6 Å². The molecule has 1 rings (SSSR count). The van der Waals surface area contributed by atoms with E-state index in [-0.39, 0.29) is 17.9 Å². The molecule has 0 N–H and O–H groups in total. The van der Waals surface area contributed by atoms with Gasteiger partial charge in [0.1, 0.15) is 0 Å². The fourth-order valence-electron chi connectivity index (χ4n) is 1.29. The van der Waals surface area contributed by atoms with Crippen molar-refractivity contribution in [1.29, 1.82) is 0 Å². The van der Waals surface area contributed by atoms with Crippen molar-refractivity contribution in [3.63, 3.8) is 0 Å². The molecule has 0 aliphatic carbocycles. The Morgan fingerprint density at radius 3 is 2.08 bits per heavy atom. The van der Waals surface area contributed by atoms with Gasteiger partial charge in [0, 0.05) is 17.7 Å². The van der Waals surface area contributed by atoms with E-state index in [0.29, 0.717) is 11.5 Å². The molecule has 3 heteroatoms. The minimum atomic E-state index is -0.177. The molecule has 0 radical (unpaired) electrons. The molecule has 0 aromatic heterocycles. The van der Waals surface area contributed by atoms with Crippen LogP contribution in [0.1, 0.15) is 27.7 Å². The van der Waals surface area contributed by atoms with E-state index in [0.717, 1.165) is 0 Å². The van der Waals surface area contributed by atoms with Gasteiger partial charge in [-0.1, -0.05) is 13.8 Å². The molecule has 2 amide bonds. The molecular formula is C10H15NO2. The lowest BCUT2D eigenvalue weighted by molar-refractivity contribution is -0.140. The van der Waals surface area contributed by atoms with Gasteiger partial charge in [0.05, 0.1) is 0 Å². The molecule has 0 saturated heterocycles. The molecule has 1 atom stereocenters. The van der Waals surface area contributed by atoms with Crippen molar-refractivity contribution < 1.29 is 9.59 Å². The zero-order chi connectivity index (χ0) is 10.2. The first-order valence-electron chi connectivity index (χ1n) is 4.51. The SMILES string of the molecule is CC1=CC(=O)N(C(C)C(C)C)C1=O. The minimum Gasteiger partial charge on any atom is -0.272 e. The Balaban J connectivity index is 2.85. The molecule has 13 heavy (non-hydrogen) atoms. The fraction of sp³-hybridized carbons (Fsp3) is 0.600. The molecule has 0 aromatic rings. The van der Waals surface area contributed by atoms with Crippen LogP contribution in [0.25, 0.3) is 0 Å². The maximum Gasteiger partial charge on any atom is 0.256 e. The van der Waals surface area contributed by atoms with Crippen molar-refractivity contribution in [3.05, 3.63) is 11.6 Å². The average molecular weight is 181 g/mol. The van der Waals surface area contributed by atoms with Crippen LogP contribution in [0.3, 0.4) is 0 Å². The van der Waals surface area contributed by atoms with Gasteiger partial charge < -0.3 is 0 Å². The van der Waals surface area contributed by atoms with E-state index in [4.69, 9.17) is 0 Å². The van der Waals surface area contributed by atoms with E-state index >= 15 is 0 Å². The van der Waals surface area contributed by atoms with Gasteiger partial charge in [-0.25, -0.2) is 0 Å². The highest BCUT2D eigenvalue weighted by molar-refractivity contribution is 6.16. The summed E-state index contributed by atoms with van der Waals surface area (Å²) in [5.41, 5.74) is 0.539. The van der Waals surface area contributed by atoms with Crippen LogP contribution in [0, 0.1) is 5.92 Å². The second kappa shape index (κ2) is 3.32. The van der Waals surface area contributed by atoms with Gasteiger partial charge in [-0.2, -0.15) is 0 Å². The Bertz CT molecular complexity index is 279. The quantitative estimate of drug-likeness (QED) is 0.603. The highest BCUT2D eigenvalue weighted by atomic mass is 16.2. The summed E-state index contributed by atoms with van der Waals surface area (Å²) in [6, 6.07) is -0.0197. The summed E-state index contributed by atoms with van der Waals surface area (Å²) in [5.74, 6) is -0.0258. The third kappa shape index (κ3) is 1.64. The van der Waals surface area contributed by atoms with Crippen molar-refractivity contribution in [2.75, 3.05) is 0 Å². The Labute approximate surface area is 78.4 Å². The molecule has 3 nitrogen and oxygen atoms in total. The first-order valence-corrected chi connectivity index (χ1v) is 4.51.